The first-order valence-corrected chi connectivity index (χ1v) is 8.11. The lowest BCUT2D eigenvalue weighted by Crippen LogP contribution is -2.48. The van der Waals surface area contributed by atoms with Crippen LogP contribution in [0.4, 0.5) is 0 Å². The third-order valence-corrected chi connectivity index (χ3v) is 6.38. The summed E-state index contributed by atoms with van der Waals surface area (Å²) in [6.45, 7) is 3.11. The second-order valence-electron chi connectivity index (χ2n) is 4.06. The Labute approximate surface area is 108 Å². The molecule has 0 radical (unpaired) electrons. The molecule has 0 aliphatic carbocycles. The smallest absolute Gasteiger partial charge is 0.0462 e. The third-order valence-electron chi connectivity index (χ3n) is 2.97. The summed E-state index contributed by atoms with van der Waals surface area (Å²) >= 11 is 4.19. The van der Waals surface area contributed by atoms with Gasteiger partial charge in [0, 0.05) is 41.8 Å². The van der Waals surface area contributed by atoms with Crippen LogP contribution in [0.25, 0.3) is 0 Å². The number of ether oxygens (including phenoxy) is 1. The summed E-state index contributed by atoms with van der Waals surface area (Å²) in [6, 6.07) is 0.429. The second-order valence-corrected chi connectivity index (χ2v) is 6.69. The normalized spacial score (nSPS) is 27.9. The average Bonchev–Trinajstić information content (AvgIpc) is 2.35. The standard InChI is InChI=1S/C11H24N2OS2/c1-3-10-11(16-8-7-15-10)9(13-12)5-4-6-14-2/h9-11,13H,3-8,12H2,1-2H3. The molecule has 3 nitrogen and oxygen atoms in total. The minimum absolute atomic E-state index is 0.429. The van der Waals surface area contributed by atoms with E-state index >= 15 is 0 Å². The van der Waals surface area contributed by atoms with Gasteiger partial charge in [-0.15, -0.1) is 0 Å². The van der Waals surface area contributed by atoms with E-state index in [9.17, 15) is 0 Å². The van der Waals surface area contributed by atoms with Crippen molar-refractivity contribution in [2.45, 2.75) is 42.7 Å². The van der Waals surface area contributed by atoms with Crippen LogP contribution in [0.15, 0.2) is 0 Å². The van der Waals surface area contributed by atoms with Crippen molar-refractivity contribution >= 4 is 23.5 Å². The highest BCUT2D eigenvalue weighted by Crippen LogP contribution is 2.35. The number of hydrazine groups is 1. The lowest BCUT2D eigenvalue weighted by molar-refractivity contribution is 0.188. The first-order chi connectivity index (χ1) is 7.83. The number of rotatable bonds is 7. The predicted molar refractivity (Wildman–Crippen MR) is 75.0 cm³/mol. The Hall–Kier alpha value is 0.580. The highest BCUT2D eigenvalue weighted by atomic mass is 32.2. The molecule has 0 saturated carbocycles. The Balaban J connectivity index is 2.41. The van der Waals surface area contributed by atoms with Crippen LogP contribution in [0.1, 0.15) is 26.2 Å². The van der Waals surface area contributed by atoms with Crippen molar-refractivity contribution in [3.63, 3.8) is 0 Å². The summed E-state index contributed by atoms with van der Waals surface area (Å²) in [4.78, 5) is 0. The quantitative estimate of drug-likeness (QED) is 0.418. The van der Waals surface area contributed by atoms with Gasteiger partial charge in [0.2, 0.25) is 0 Å². The number of thioether (sulfide) groups is 2. The van der Waals surface area contributed by atoms with Crippen molar-refractivity contribution < 1.29 is 4.74 Å². The van der Waals surface area contributed by atoms with Crippen LogP contribution in [0.5, 0.6) is 0 Å². The number of nitrogens with one attached hydrogen (secondary N) is 1. The van der Waals surface area contributed by atoms with Gasteiger partial charge in [-0.2, -0.15) is 23.5 Å². The van der Waals surface area contributed by atoms with E-state index in [2.05, 4.69) is 35.9 Å². The molecule has 1 aliphatic heterocycles. The van der Waals surface area contributed by atoms with Crippen LogP contribution in [0.3, 0.4) is 0 Å². The first kappa shape index (κ1) is 14.6. The molecule has 1 heterocycles. The molecule has 1 rings (SSSR count). The SMILES string of the molecule is CCC1SCCSC1C(CCCOC)NN. The number of methoxy groups -OCH3 is 1. The van der Waals surface area contributed by atoms with Gasteiger partial charge in [0.15, 0.2) is 0 Å². The van der Waals surface area contributed by atoms with Crippen LogP contribution < -0.4 is 11.3 Å². The molecule has 96 valence electrons. The lowest BCUT2D eigenvalue weighted by atomic mass is 10.0. The Morgan fingerprint density at radius 1 is 1.44 bits per heavy atom. The van der Waals surface area contributed by atoms with Gasteiger partial charge >= 0.3 is 0 Å². The highest BCUT2D eigenvalue weighted by molar-refractivity contribution is 8.07. The Morgan fingerprint density at radius 3 is 2.81 bits per heavy atom. The number of hydrogen-bond donors (Lipinski definition) is 2. The Morgan fingerprint density at radius 2 is 2.19 bits per heavy atom. The molecule has 0 bridgehead atoms. The molecule has 3 unspecified atom stereocenters. The summed E-state index contributed by atoms with van der Waals surface area (Å²) in [5.41, 5.74) is 3.01. The lowest BCUT2D eigenvalue weighted by Gasteiger charge is -2.35. The number of nitrogens with two attached hydrogens (primary N) is 1. The fourth-order valence-electron chi connectivity index (χ4n) is 2.10. The van der Waals surface area contributed by atoms with Crippen molar-refractivity contribution in [2.24, 2.45) is 5.84 Å². The van der Waals surface area contributed by atoms with E-state index in [1.165, 1.54) is 17.9 Å². The summed E-state index contributed by atoms with van der Waals surface area (Å²) in [5.74, 6) is 8.23. The molecule has 3 N–H and O–H groups in total. The minimum atomic E-state index is 0.429. The molecule has 16 heavy (non-hydrogen) atoms. The van der Waals surface area contributed by atoms with Crippen LogP contribution >= 0.6 is 23.5 Å². The van der Waals surface area contributed by atoms with Gasteiger partial charge in [0.1, 0.15) is 0 Å². The fraction of sp³-hybridized carbons (Fsp3) is 1.00. The van der Waals surface area contributed by atoms with Crippen molar-refractivity contribution in [1.29, 1.82) is 0 Å². The van der Waals surface area contributed by atoms with E-state index in [1.54, 1.807) is 7.11 Å². The first-order valence-electron chi connectivity index (χ1n) is 6.01. The summed E-state index contributed by atoms with van der Waals surface area (Å²) in [5, 5.41) is 1.41. The molecule has 3 atom stereocenters. The zero-order valence-electron chi connectivity index (χ0n) is 10.3. The van der Waals surface area contributed by atoms with E-state index in [4.69, 9.17) is 10.6 Å². The van der Waals surface area contributed by atoms with Crippen molar-refractivity contribution in [3.05, 3.63) is 0 Å². The van der Waals surface area contributed by atoms with Gasteiger partial charge in [-0.25, -0.2) is 0 Å². The van der Waals surface area contributed by atoms with E-state index in [1.807, 2.05) is 0 Å². The minimum Gasteiger partial charge on any atom is -0.385 e. The van der Waals surface area contributed by atoms with Crippen LogP contribution in [0.2, 0.25) is 0 Å². The van der Waals surface area contributed by atoms with Gasteiger partial charge < -0.3 is 4.74 Å². The molecule has 0 aromatic heterocycles. The van der Waals surface area contributed by atoms with Gasteiger partial charge in [0.05, 0.1) is 0 Å². The van der Waals surface area contributed by atoms with Gasteiger partial charge in [-0.05, 0) is 19.3 Å². The molecule has 0 spiro atoms. The van der Waals surface area contributed by atoms with Gasteiger partial charge in [-0.1, -0.05) is 6.92 Å². The molecular weight excluding hydrogens is 240 g/mol. The van der Waals surface area contributed by atoms with E-state index in [0.717, 1.165) is 24.7 Å². The zero-order chi connectivity index (χ0) is 11.8. The number of hydrogen-bond acceptors (Lipinski definition) is 5. The Kier molecular flexibility index (Phi) is 7.90. The van der Waals surface area contributed by atoms with Gasteiger partial charge in [0.25, 0.3) is 0 Å². The summed E-state index contributed by atoms with van der Waals surface area (Å²) in [7, 11) is 1.75. The molecule has 1 fully saturated rings. The topological polar surface area (TPSA) is 47.3 Å². The highest BCUT2D eigenvalue weighted by Gasteiger charge is 2.31. The molecule has 0 aromatic rings. The van der Waals surface area contributed by atoms with Crippen LogP contribution in [-0.2, 0) is 4.74 Å². The monoisotopic (exact) mass is 264 g/mol. The van der Waals surface area contributed by atoms with Crippen LogP contribution in [0, 0.1) is 0 Å². The predicted octanol–water partition coefficient (Wildman–Crippen LogP) is 1.87. The molecule has 0 aromatic carbocycles. The summed E-state index contributed by atoms with van der Waals surface area (Å²) in [6.07, 6.45) is 3.44. The largest absolute Gasteiger partial charge is 0.385 e. The van der Waals surface area contributed by atoms with Crippen LogP contribution in [-0.4, -0.2) is 41.8 Å². The maximum Gasteiger partial charge on any atom is 0.0462 e. The van der Waals surface area contributed by atoms with Crippen molar-refractivity contribution in [3.8, 4) is 0 Å². The molecule has 0 amide bonds. The fourth-order valence-corrected chi connectivity index (χ4v) is 5.39. The average molecular weight is 264 g/mol. The van der Waals surface area contributed by atoms with Crippen molar-refractivity contribution in [2.75, 3.05) is 25.2 Å². The van der Waals surface area contributed by atoms with E-state index in [-0.39, 0.29) is 0 Å². The third kappa shape index (κ3) is 4.45. The van der Waals surface area contributed by atoms with Crippen molar-refractivity contribution in [1.82, 2.24) is 5.43 Å². The molecule has 1 saturated heterocycles. The zero-order valence-corrected chi connectivity index (χ0v) is 11.9. The van der Waals surface area contributed by atoms with Gasteiger partial charge in [-0.3, -0.25) is 11.3 Å². The summed E-state index contributed by atoms with van der Waals surface area (Å²) < 4.78 is 5.10. The molecule has 5 heteroatoms. The second kappa shape index (κ2) is 8.64. The maximum absolute atomic E-state index is 5.69. The molecule has 1 aliphatic rings. The van der Waals surface area contributed by atoms with E-state index < -0.39 is 0 Å². The van der Waals surface area contributed by atoms with E-state index in [0.29, 0.717) is 11.3 Å². The Bertz CT molecular complexity index is 183. The maximum atomic E-state index is 5.69. The molecular formula is C11H24N2OS2.